The molecule has 0 aliphatic carbocycles. The van der Waals surface area contributed by atoms with Crippen LogP contribution in [0.2, 0.25) is 5.02 Å². The number of phenolic OH excluding ortho intramolecular Hbond substituents is 1. The Hall–Kier alpha value is -1.35. The molecule has 0 saturated heterocycles. The van der Waals surface area contributed by atoms with Crippen LogP contribution in [-0.2, 0) is 0 Å². The Labute approximate surface area is 80.0 Å². The predicted molar refractivity (Wildman–Crippen MR) is 50.9 cm³/mol. The second kappa shape index (κ2) is 2.85. The van der Waals surface area contributed by atoms with Gasteiger partial charge in [-0.3, -0.25) is 0 Å². The van der Waals surface area contributed by atoms with Gasteiger partial charge in [-0.05, 0) is 18.6 Å². The van der Waals surface area contributed by atoms with Crippen LogP contribution in [0.4, 0.5) is 0 Å². The van der Waals surface area contributed by atoms with E-state index < -0.39 is 0 Å². The summed E-state index contributed by atoms with van der Waals surface area (Å²) in [7, 11) is 0. The third kappa shape index (κ3) is 1.21. The first-order valence-corrected chi connectivity index (χ1v) is 4.15. The van der Waals surface area contributed by atoms with Gasteiger partial charge in [0.25, 0.3) is 0 Å². The molecule has 1 heterocycles. The van der Waals surface area contributed by atoms with Crippen molar-refractivity contribution in [2.45, 2.75) is 6.92 Å². The average Bonchev–Trinajstić information content (AvgIpc) is 2.15. The maximum atomic E-state index is 9.56. The highest BCUT2D eigenvalue weighted by Gasteiger charge is 2.07. The number of phenols is 1. The fourth-order valence-corrected chi connectivity index (χ4v) is 1.51. The molecule has 0 radical (unpaired) electrons. The van der Waals surface area contributed by atoms with E-state index in [1.165, 1.54) is 6.33 Å². The van der Waals surface area contributed by atoms with E-state index in [2.05, 4.69) is 9.97 Å². The Morgan fingerprint density at radius 1 is 1.46 bits per heavy atom. The van der Waals surface area contributed by atoms with Crippen molar-refractivity contribution in [3.8, 4) is 5.75 Å². The minimum atomic E-state index is 0.0182. The maximum absolute atomic E-state index is 9.56. The molecule has 66 valence electrons. The van der Waals surface area contributed by atoms with Gasteiger partial charge in [-0.2, -0.15) is 0 Å². The number of benzene rings is 1. The summed E-state index contributed by atoms with van der Waals surface area (Å²) >= 11 is 5.78. The molecule has 0 saturated carbocycles. The summed E-state index contributed by atoms with van der Waals surface area (Å²) in [5.74, 6) is 0.0182. The first-order chi connectivity index (χ1) is 6.20. The van der Waals surface area contributed by atoms with Crippen LogP contribution in [0.1, 0.15) is 5.56 Å². The standard InChI is InChI=1S/C9H7ClN2O/c1-5-2-7(10)9(13)8-6(5)3-11-4-12-8/h2-4,13H,1H3. The van der Waals surface area contributed by atoms with Crippen LogP contribution in [0.5, 0.6) is 5.75 Å². The highest BCUT2D eigenvalue weighted by atomic mass is 35.5. The third-order valence-electron chi connectivity index (χ3n) is 1.93. The van der Waals surface area contributed by atoms with Gasteiger partial charge in [0, 0.05) is 11.6 Å². The number of nitrogens with zero attached hydrogens (tertiary/aromatic N) is 2. The van der Waals surface area contributed by atoms with E-state index in [0.29, 0.717) is 10.5 Å². The summed E-state index contributed by atoms with van der Waals surface area (Å²) in [5.41, 5.74) is 1.46. The van der Waals surface area contributed by atoms with E-state index in [-0.39, 0.29) is 5.75 Å². The van der Waals surface area contributed by atoms with Crippen molar-refractivity contribution in [2.24, 2.45) is 0 Å². The SMILES string of the molecule is Cc1cc(Cl)c(O)c2ncncc12. The Kier molecular flexibility index (Phi) is 1.81. The predicted octanol–water partition coefficient (Wildman–Crippen LogP) is 2.30. The van der Waals surface area contributed by atoms with Crippen molar-refractivity contribution in [3.63, 3.8) is 0 Å². The summed E-state index contributed by atoms with van der Waals surface area (Å²) in [6.07, 6.45) is 3.05. The molecule has 1 aromatic carbocycles. The molecular weight excluding hydrogens is 188 g/mol. The molecule has 2 rings (SSSR count). The zero-order chi connectivity index (χ0) is 9.42. The van der Waals surface area contributed by atoms with Gasteiger partial charge in [0.2, 0.25) is 0 Å². The molecule has 0 unspecified atom stereocenters. The molecule has 3 nitrogen and oxygen atoms in total. The van der Waals surface area contributed by atoms with Crippen molar-refractivity contribution >= 4 is 22.5 Å². The number of aromatic nitrogens is 2. The number of rotatable bonds is 0. The van der Waals surface area contributed by atoms with Crippen LogP contribution in [0.25, 0.3) is 10.9 Å². The van der Waals surface area contributed by atoms with E-state index in [0.717, 1.165) is 10.9 Å². The first kappa shape index (κ1) is 8.26. The van der Waals surface area contributed by atoms with Crippen LogP contribution in [0.3, 0.4) is 0 Å². The van der Waals surface area contributed by atoms with Crippen molar-refractivity contribution in [2.75, 3.05) is 0 Å². The van der Waals surface area contributed by atoms with Crippen molar-refractivity contribution in [1.82, 2.24) is 9.97 Å². The molecule has 2 aromatic rings. The topological polar surface area (TPSA) is 46.0 Å². The number of aromatic hydroxyl groups is 1. The van der Waals surface area contributed by atoms with Gasteiger partial charge in [0.05, 0.1) is 5.02 Å². The van der Waals surface area contributed by atoms with E-state index >= 15 is 0 Å². The average molecular weight is 195 g/mol. The van der Waals surface area contributed by atoms with Gasteiger partial charge in [-0.1, -0.05) is 11.6 Å². The quantitative estimate of drug-likeness (QED) is 0.700. The van der Waals surface area contributed by atoms with Crippen molar-refractivity contribution in [1.29, 1.82) is 0 Å². The van der Waals surface area contributed by atoms with E-state index in [9.17, 15) is 5.11 Å². The lowest BCUT2D eigenvalue weighted by molar-refractivity contribution is 0.480. The van der Waals surface area contributed by atoms with E-state index in [1.54, 1.807) is 12.3 Å². The second-order valence-corrected chi connectivity index (χ2v) is 3.22. The molecule has 0 bridgehead atoms. The van der Waals surface area contributed by atoms with Crippen LogP contribution in [0.15, 0.2) is 18.6 Å². The van der Waals surface area contributed by atoms with E-state index in [4.69, 9.17) is 11.6 Å². The summed E-state index contributed by atoms with van der Waals surface area (Å²) in [4.78, 5) is 7.84. The monoisotopic (exact) mass is 194 g/mol. The van der Waals surface area contributed by atoms with Gasteiger partial charge in [0.15, 0.2) is 5.75 Å². The molecule has 1 N–H and O–H groups in total. The molecule has 0 atom stereocenters. The summed E-state index contributed by atoms with van der Waals surface area (Å²) in [5, 5.41) is 10.7. The zero-order valence-electron chi connectivity index (χ0n) is 6.95. The number of aryl methyl sites for hydroxylation is 1. The van der Waals surface area contributed by atoms with Crippen LogP contribution < -0.4 is 0 Å². The van der Waals surface area contributed by atoms with Gasteiger partial charge in [-0.15, -0.1) is 0 Å². The van der Waals surface area contributed by atoms with Crippen molar-refractivity contribution < 1.29 is 5.11 Å². The summed E-state index contributed by atoms with van der Waals surface area (Å²) in [6.45, 7) is 1.90. The third-order valence-corrected chi connectivity index (χ3v) is 2.22. The van der Waals surface area contributed by atoms with Gasteiger partial charge < -0.3 is 5.11 Å². The molecule has 0 spiro atoms. The number of hydrogen-bond acceptors (Lipinski definition) is 3. The molecule has 0 aliphatic heterocycles. The lowest BCUT2D eigenvalue weighted by Gasteiger charge is -2.03. The first-order valence-electron chi connectivity index (χ1n) is 3.78. The van der Waals surface area contributed by atoms with Gasteiger partial charge in [0.1, 0.15) is 11.8 Å². The van der Waals surface area contributed by atoms with Crippen LogP contribution in [-0.4, -0.2) is 15.1 Å². The molecule has 0 amide bonds. The Morgan fingerprint density at radius 2 is 2.23 bits per heavy atom. The van der Waals surface area contributed by atoms with Crippen LogP contribution >= 0.6 is 11.6 Å². The summed E-state index contributed by atoms with van der Waals surface area (Å²) in [6, 6.07) is 1.70. The molecular formula is C9H7ClN2O. The Balaban J connectivity index is 2.97. The lowest BCUT2D eigenvalue weighted by Crippen LogP contribution is -1.85. The second-order valence-electron chi connectivity index (χ2n) is 2.81. The molecule has 0 fully saturated rings. The number of hydrogen-bond donors (Lipinski definition) is 1. The summed E-state index contributed by atoms with van der Waals surface area (Å²) < 4.78 is 0. The molecule has 0 aliphatic rings. The smallest absolute Gasteiger partial charge is 0.160 e. The molecule has 4 heteroatoms. The highest BCUT2D eigenvalue weighted by molar-refractivity contribution is 6.33. The fourth-order valence-electron chi connectivity index (χ4n) is 1.26. The normalized spacial score (nSPS) is 10.6. The minimum Gasteiger partial charge on any atom is -0.504 e. The highest BCUT2D eigenvalue weighted by Crippen LogP contribution is 2.32. The lowest BCUT2D eigenvalue weighted by atomic mass is 10.1. The zero-order valence-corrected chi connectivity index (χ0v) is 7.71. The van der Waals surface area contributed by atoms with Gasteiger partial charge in [-0.25, -0.2) is 9.97 Å². The van der Waals surface area contributed by atoms with Crippen LogP contribution in [0, 0.1) is 6.92 Å². The maximum Gasteiger partial charge on any atom is 0.160 e. The number of fused-ring (bicyclic) bond motifs is 1. The number of halogens is 1. The van der Waals surface area contributed by atoms with E-state index in [1.807, 2.05) is 6.92 Å². The van der Waals surface area contributed by atoms with Gasteiger partial charge >= 0.3 is 0 Å². The Bertz CT molecular complexity index is 470. The minimum absolute atomic E-state index is 0.0182. The van der Waals surface area contributed by atoms with Crippen molar-refractivity contribution in [3.05, 3.63) is 29.2 Å². The molecule has 13 heavy (non-hydrogen) atoms. The fraction of sp³-hybridized carbons (Fsp3) is 0.111. The Morgan fingerprint density at radius 3 is 3.00 bits per heavy atom. The molecule has 1 aromatic heterocycles. The largest absolute Gasteiger partial charge is 0.504 e.